The van der Waals surface area contributed by atoms with E-state index in [2.05, 4.69) is 4.99 Å². The van der Waals surface area contributed by atoms with Gasteiger partial charge in [0.25, 0.3) is 0 Å². The third-order valence-electron chi connectivity index (χ3n) is 1.97. The molecule has 1 aliphatic heterocycles. The summed E-state index contributed by atoms with van der Waals surface area (Å²) < 4.78 is 0. The number of nitrogens with two attached hydrogens (primary N) is 1. The number of hydrogen-bond acceptors (Lipinski definition) is 3. The first-order chi connectivity index (χ1) is 6.66. The summed E-state index contributed by atoms with van der Waals surface area (Å²) in [5.74, 6) is 0.707. The predicted octanol–water partition coefficient (Wildman–Crippen LogP) is 1.12. The van der Waals surface area contributed by atoms with E-state index in [0.29, 0.717) is 11.4 Å². The highest BCUT2D eigenvalue weighted by atomic mass is 16.3. The molecule has 0 amide bonds. The molecule has 0 saturated heterocycles. The van der Waals surface area contributed by atoms with Gasteiger partial charge in [0.2, 0.25) is 0 Å². The molecular weight excluding hydrogens is 178 g/mol. The highest BCUT2D eigenvalue weighted by Crippen LogP contribution is 2.21. The number of hydrogen-bond donors (Lipinski definition) is 3. The predicted molar refractivity (Wildman–Crippen MR) is 55.4 cm³/mol. The van der Waals surface area contributed by atoms with Crippen LogP contribution in [-0.4, -0.2) is 16.8 Å². The van der Waals surface area contributed by atoms with Crippen molar-refractivity contribution in [2.75, 3.05) is 0 Å². The van der Waals surface area contributed by atoms with Gasteiger partial charge in [-0.05, 0) is 23.8 Å². The first kappa shape index (κ1) is 8.50. The van der Waals surface area contributed by atoms with Crippen molar-refractivity contribution in [2.24, 2.45) is 10.7 Å². The molecule has 0 fully saturated rings. The number of rotatable bonds is 1. The Kier molecular flexibility index (Phi) is 1.81. The minimum atomic E-state index is 0.160. The Balaban J connectivity index is 2.39. The van der Waals surface area contributed by atoms with E-state index in [1.807, 2.05) is 0 Å². The van der Waals surface area contributed by atoms with E-state index in [-0.39, 0.29) is 11.6 Å². The van der Waals surface area contributed by atoms with Gasteiger partial charge in [-0.3, -0.25) is 5.41 Å². The summed E-state index contributed by atoms with van der Waals surface area (Å²) in [6.45, 7) is 0. The van der Waals surface area contributed by atoms with Crippen molar-refractivity contribution in [2.45, 2.75) is 0 Å². The Morgan fingerprint density at radius 1 is 1.21 bits per heavy atom. The molecule has 4 heteroatoms. The lowest BCUT2D eigenvalue weighted by Gasteiger charge is -2.00. The van der Waals surface area contributed by atoms with Crippen molar-refractivity contribution < 1.29 is 5.11 Å². The molecule has 1 aromatic carbocycles. The van der Waals surface area contributed by atoms with E-state index < -0.39 is 0 Å². The maximum absolute atomic E-state index is 9.09. The molecule has 0 bridgehead atoms. The average molecular weight is 187 g/mol. The van der Waals surface area contributed by atoms with E-state index in [9.17, 15) is 0 Å². The summed E-state index contributed by atoms with van der Waals surface area (Å²) >= 11 is 0. The van der Waals surface area contributed by atoms with Crippen LogP contribution in [0.2, 0.25) is 0 Å². The maximum atomic E-state index is 9.09. The Morgan fingerprint density at radius 2 is 1.86 bits per heavy atom. The molecule has 0 atom stereocenters. The van der Waals surface area contributed by atoms with E-state index in [1.54, 1.807) is 30.3 Å². The van der Waals surface area contributed by atoms with Crippen LogP contribution in [-0.2, 0) is 0 Å². The van der Waals surface area contributed by atoms with Crippen LogP contribution in [0.25, 0.3) is 5.57 Å². The lowest BCUT2D eigenvalue weighted by molar-refractivity contribution is 0.475. The highest BCUT2D eigenvalue weighted by Gasteiger charge is 2.13. The molecule has 0 saturated carbocycles. The molecule has 70 valence electrons. The number of aromatic hydroxyl groups is 1. The summed E-state index contributed by atoms with van der Waals surface area (Å²) in [6.07, 6.45) is 1.65. The maximum Gasteiger partial charge on any atom is 0.154 e. The number of nitrogens with zero attached hydrogens (tertiary/aromatic N) is 1. The van der Waals surface area contributed by atoms with Gasteiger partial charge in [0, 0.05) is 5.57 Å². The van der Waals surface area contributed by atoms with Gasteiger partial charge in [0.05, 0.1) is 0 Å². The van der Waals surface area contributed by atoms with E-state index in [0.717, 1.165) is 5.56 Å². The van der Waals surface area contributed by atoms with Crippen molar-refractivity contribution in [1.82, 2.24) is 0 Å². The Hall–Kier alpha value is -2.10. The largest absolute Gasteiger partial charge is 0.508 e. The monoisotopic (exact) mass is 187 g/mol. The van der Waals surface area contributed by atoms with E-state index >= 15 is 0 Å². The lowest BCUT2D eigenvalue weighted by atomic mass is 10.1. The number of nitrogens with one attached hydrogen (secondary N) is 1. The van der Waals surface area contributed by atoms with Crippen LogP contribution in [0.1, 0.15) is 5.56 Å². The van der Waals surface area contributed by atoms with Crippen molar-refractivity contribution in [3.63, 3.8) is 0 Å². The molecular formula is C10H9N3O. The van der Waals surface area contributed by atoms with Crippen LogP contribution in [0.5, 0.6) is 5.75 Å². The fraction of sp³-hybridized carbons (Fsp3) is 0. The van der Waals surface area contributed by atoms with E-state index in [4.69, 9.17) is 16.2 Å². The Labute approximate surface area is 80.9 Å². The summed E-state index contributed by atoms with van der Waals surface area (Å²) in [6, 6.07) is 6.59. The quantitative estimate of drug-likeness (QED) is 0.615. The van der Waals surface area contributed by atoms with Gasteiger partial charge in [-0.2, -0.15) is 0 Å². The zero-order chi connectivity index (χ0) is 10.1. The van der Waals surface area contributed by atoms with Gasteiger partial charge in [0.15, 0.2) is 5.84 Å². The van der Waals surface area contributed by atoms with Gasteiger partial charge in [-0.15, -0.1) is 0 Å². The number of amidine groups is 2. The lowest BCUT2D eigenvalue weighted by Crippen LogP contribution is -2.04. The van der Waals surface area contributed by atoms with Crippen LogP contribution < -0.4 is 5.73 Å². The summed E-state index contributed by atoms with van der Waals surface area (Å²) in [5, 5.41) is 16.6. The Morgan fingerprint density at radius 3 is 2.36 bits per heavy atom. The molecule has 1 aromatic rings. The summed E-state index contributed by atoms with van der Waals surface area (Å²) in [7, 11) is 0. The number of benzene rings is 1. The van der Waals surface area contributed by atoms with Crippen LogP contribution in [0.3, 0.4) is 0 Å². The molecule has 0 spiro atoms. The van der Waals surface area contributed by atoms with Crippen molar-refractivity contribution >= 4 is 17.2 Å². The van der Waals surface area contributed by atoms with Crippen molar-refractivity contribution in [1.29, 1.82) is 5.41 Å². The molecule has 0 radical (unpaired) electrons. The molecule has 0 aliphatic carbocycles. The molecule has 14 heavy (non-hydrogen) atoms. The highest BCUT2D eigenvalue weighted by molar-refractivity contribution is 6.33. The first-order valence-electron chi connectivity index (χ1n) is 4.11. The van der Waals surface area contributed by atoms with Crippen LogP contribution in [0, 0.1) is 5.41 Å². The number of phenolic OH excluding ortho intramolecular Hbond substituents is 1. The van der Waals surface area contributed by atoms with Crippen LogP contribution >= 0.6 is 0 Å². The SMILES string of the molecule is N=C1N=C(N)C=C1c1ccc(O)cc1. The third kappa shape index (κ3) is 1.37. The molecule has 0 unspecified atom stereocenters. The topological polar surface area (TPSA) is 82.5 Å². The summed E-state index contributed by atoms with van der Waals surface area (Å²) in [5.41, 5.74) is 6.98. The second kappa shape index (κ2) is 2.99. The van der Waals surface area contributed by atoms with Gasteiger partial charge in [-0.1, -0.05) is 12.1 Å². The van der Waals surface area contributed by atoms with Gasteiger partial charge in [0.1, 0.15) is 11.6 Å². The molecule has 4 nitrogen and oxygen atoms in total. The van der Waals surface area contributed by atoms with Crippen LogP contribution in [0.15, 0.2) is 35.3 Å². The number of phenols is 1. The minimum absolute atomic E-state index is 0.160. The van der Waals surface area contributed by atoms with Crippen LogP contribution in [0.4, 0.5) is 0 Å². The van der Waals surface area contributed by atoms with E-state index in [1.165, 1.54) is 0 Å². The second-order valence-electron chi connectivity index (χ2n) is 2.99. The fourth-order valence-electron chi connectivity index (χ4n) is 1.30. The average Bonchev–Trinajstić information content (AvgIpc) is 2.47. The molecule has 1 heterocycles. The first-order valence-corrected chi connectivity index (χ1v) is 4.11. The summed E-state index contributed by atoms with van der Waals surface area (Å²) in [4.78, 5) is 3.79. The van der Waals surface area contributed by atoms with Crippen molar-refractivity contribution in [3.05, 3.63) is 35.9 Å². The minimum Gasteiger partial charge on any atom is -0.508 e. The van der Waals surface area contributed by atoms with Crippen molar-refractivity contribution in [3.8, 4) is 5.75 Å². The molecule has 2 rings (SSSR count). The molecule has 0 aromatic heterocycles. The molecule has 4 N–H and O–H groups in total. The normalized spacial score (nSPS) is 15.3. The fourth-order valence-corrected chi connectivity index (χ4v) is 1.30. The zero-order valence-corrected chi connectivity index (χ0v) is 7.36. The third-order valence-corrected chi connectivity index (χ3v) is 1.97. The standard InChI is InChI=1S/C10H9N3O/c11-9-5-8(10(12)13-9)6-1-3-7(14)4-2-6/h1-5,14H,(H3,11,12,13). The zero-order valence-electron chi connectivity index (χ0n) is 7.36. The second-order valence-corrected chi connectivity index (χ2v) is 2.99. The smallest absolute Gasteiger partial charge is 0.154 e. The van der Waals surface area contributed by atoms with Gasteiger partial charge >= 0.3 is 0 Å². The number of aliphatic imine (C=N–C) groups is 1. The van der Waals surface area contributed by atoms with Gasteiger partial charge < -0.3 is 10.8 Å². The Bertz CT molecular complexity index is 443. The molecule has 1 aliphatic rings. The van der Waals surface area contributed by atoms with Gasteiger partial charge in [-0.25, -0.2) is 4.99 Å².